The second kappa shape index (κ2) is 5.63. The zero-order valence-corrected chi connectivity index (χ0v) is 11.6. The van der Waals surface area contributed by atoms with Crippen LogP contribution in [-0.2, 0) is 6.54 Å². The van der Waals surface area contributed by atoms with E-state index < -0.39 is 6.10 Å². The number of aromatic nitrogens is 2. The minimum atomic E-state index is -0.795. The molecule has 96 valence electrons. The fourth-order valence-electron chi connectivity index (χ4n) is 1.83. The summed E-state index contributed by atoms with van der Waals surface area (Å²) in [6.45, 7) is 2.80. The summed E-state index contributed by atoms with van der Waals surface area (Å²) in [5.41, 5.74) is 1.36. The first-order chi connectivity index (χ1) is 8.63. The van der Waals surface area contributed by atoms with Crippen LogP contribution >= 0.6 is 15.9 Å². The highest BCUT2D eigenvalue weighted by Gasteiger charge is 2.16. The van der Waals surface area contributed by atoms with Gasteiger partial charge < -0.3 is 5.11 Å². The minimum Gasteiger partial charge on any atom is -0.382 e. The molecule has 1 heterocycles. The lowest BCUT2D eigenvalue weighted by Gasteiger charge is -2.13. The van der Waals surface area contributed by atoms with Gasteiger partial charge in [0, 0.05) is 12.7 Å². The van der Waals surface area contributed by atoms with Crippen LogP contribution in [0.2, 0.25) is 0 Å². The number of hydrogen-bond donors (Lipinski definition) is 1. The molecule has 0 aliphatic rings. The maximum absolute atomic E-state index is 13.2. The van der Waals surface area contributed by atoms with E-state index in [1.165, 1.54) is 6.07 Å². The van der Waals surface area contributed by atoms with Crippen LogP contribution in [0, 0.1) is 5.82 Å². The van der Waals surface area contributed by atoms with Gasteiger partial charge in [-0.2, -0.15) is 5.10 Å². The summed E-state index contributed by atoms with van der Waals surface area (Å²) in [7, 11) is 0. The van der Waals surface area contributed by atoms with Gasteiger partial charge in [-0.25, -0.2) is 4.39 Å². The number of nitrogens with zero attached hydrogens (tertiary/aromatic N) is 2. The molecule has 0 aliphatic carbocycles. The molecule has 0 fully saturated rings. The summed E-state index contributed by atoms with van der Waals surface area (Å²) in [5, 5.41) is 14.5. The lowest BCUT2D eigenvalue weighted by molar-refractivity contribution is 0.207. The first kappa shape index (κ1) is 13.2. The summed E-state index contributed by atoms with van der Waals surface area (Å²) < 4.78 is 15.3. The molecule has 0 bridgehead atoms. The average Bonchev–Trinajstić information content (AvgIpc) is 2.80. The summed E-state index contributed by atoms with van der Waals surface area (Å²) in [5.74, 6) is -0.340. The van der Waals surface area contributed by atoms with Crippen LogP contribution in [0.4, 0.5) is 4.39 Å². The number of aliphatic hydroxyl groups is 1. The number of benzene rings is 1. The van der Waals surface area contributed by atoms with Gasteiger partial charge in [-0.05, 0) is 46.1 Å². The molecule has 2 rings (SSSR count). The Morgan fingerprint density at radius 1 is 1.44 bits per heavy atom. The molecular formula is C13H14BrFN2O. The molecule has 5 heteroatoms. The molecule has 0 saturated heterocycles. The van der Waals surface area contributed by atoms with E-state index in [2.05, 4.69) is 21.0 Å². The third-order valence-corrected chi connectivity index (χ3v) is 3.33. The molecule has 0 radical (unpaired) electrons. The van der Waals surface area contributed by atoms with Gasteiger partial charge in [-0.15, -0.1) is 0 Å². The van der Waals surface area contributed by atoms with Gasteiger partial charge in [0.05, 0.1) is 10.2 Å². The molecule has 0 spiro atoms. The maximum atomic E-state index is 13.2. The number of hydrogen-bond acceptors (Lipinski definition) is 2. The second-order valence-electron chi connectivity index (χ2n) is 4.06. The minimum absolute atomic E-state index is 0.340. The molecule has 1 atom stereocenters. The molecule has 1 unspecified atom stereocenters. The lowest BCUT2D eigenvalue weighted by atomic mass is 10.1. The summed E-state index contributed by atoms with van der Waals surface area (Å²) in [6, 6.07) is 6.28. The number of halogens is 2. The van der Waals surface area contributed by atoms with Gasteiger partial charge in [-0.3, -0.25) is 4.68 Å². The predicted octanol–water partition coefficient (Wildman–Crippen LogP) is 3.28. The Morgan fingerprint density at radius 3 is 2.89 bits per heavy atom. The third-order valence-electron chi connectivity index (χ3n) is 2.72. The average molecular weight is 313 g/mol. The normalized spacial score (nSPS) is 12.7. The Hall–Kier alpha value is -1.20. The molecule has 1 aromatic heterocycles. The van der Waals surface area contributed by atoms with Crippen molar-refractivity contribution in [2.24, 2.45) is 0 Å². The SMILES string of the molecule is CCCn1nccc1C(O)c1ccc(F)c(Br)c1. The Kier molecular flexibility index (Phi) is 4.14. The smallest absolute Gasteiger partial charge is 0.137 e. The Morgan fingerprint density at radius 2 is 2.22 bits per heavy atom. The van der Waals surface area contributed by atoms with Crippen molar-refractivity contribution in [2.45, 2.75) is 26.0 Å². The molecule has 0 saturated carbocycles. The molecule has 18 heavy (non-hydrogen) atoms. The molecule has 2 aromatic rings. The van der Waals surface area contributed by atoms with Crippen LogP contribution in [0.25, 0.3) is 0 Å². The predicted molar refractivity (Wildman–Crippen MR) is 70.7 cm³/mol. The Balaban J connectivity index is 2.32. The van der Waals surface area contributed by atoms with Crippen molar-refractivity contribution < 1.29 is 9.50 Å². The van der Waals surface area contributed by atoms with E-state index in [9.17, 15) is 9.50 Å². The quantitative estimate of drug-likeness (QED) is 0.941. The van der Waals surface area contributed by atoms with E-state index in [0.717, 1.165) is 18.7 Å². The highest BCUT2D eigenvalue weighted by atomic mass is 79.9. The fraction of sp³-hybridized carbons (Fsp3) is 0.308. The fourth-order valence-corrected chi connectivity index (χ4v) is 2.22. The van der Waals surface area contributed by atoms with Gasteiger partial charge >= 0.3 is 0 Å². The van der Waals surface area contributed by atoms with Gasteiger partial charge in [0.25, 0.3) is 0 Å². The zero-order chi connectivity index (χ0) is 13.1. The highest BCUT2D eigenvalue weighted by molar-refractivity contribution is 9.10. The van der Waals surface area contributed by atoms with Crippen molar-refractivity contribution in [1.82, 2.24) is 9.78 Å². The van der Waals surface area contributed by atoms with E-state index in [-0.39, 0.29) is 5.82 Å². The zero-order valence-electron chi connectivity index (χ0n) is 9.98. The molecule has 1 N–H and O–H groups in total. The largest absolute Gasteiger partial charge is 0.382 e. The van der Waals surface area contributed by atoms with Crippen LogP contribution < -0.4 is 0 Å². The molecule has 0 amide bonds. The van der Waals surface area contributed by atoms with E-state index >= 15 is 0 Å². The van der Waals surface area contributed by atoms with E-state index in [0.29, 0.717) is 10.0 Å². The van der Waals surface area contributed by atoms with E-state index in [1.807, 2.05) is 6.92 Å². The van der Waals surface area contributed by atoms with Crippen LogP contribution in [0.3, 0.4) is 0 Å². The van der Waals surface area contributed by atoms with Crippen molar-refractivity contribution in [3.63, 3.8) is 0 Å². The van der Waals surface area contributed by atoms with Gasteiger partial charge in [-0.1, -0.05) is 13.0 Å². The van der Waals surface area contributed by atoms with Crippen LogP contribution in [0.5, 0.6) is 0 Å². The Bertz CT molecular complexity index is 542. The monoisotopic (exact) mass is 312 g/mol. The van der Waals surface area contributed by atoms with Crippen molar-refractivity contribution in [3.8, 4) is 0 Å². The van der Waals surface area contributed by atoms with Crippen LogP contribution in [0.1, 0.15) is 30.7 Å². The highest BCUT2D eigenvalue weighted by Crippen LogP contribution is 2.26. The molecular weight excluding hydrogens is 299 g/mol. The summed E-state index contributed by atoms with van der Waals surface area (Å²) in [6.07, 6.45) is 1.80. The van der Waals surface area contributed by atoms with Crippen LogP contribution in [-0.4, -0.2) is 14.9 Å². The van der Waals surface area contributed by atoms with E-state index in [4.69, 9.17) is 0 Å². The van der Waals surface area contributed by atoms with Crippen molar-refractivity contribution in [2.75, 3.05) is 0 Å². The van der Waals surface area contributed by atoms with Gasteiger partial charge in [0.1, 0.15) is 11.9 Å². The van der Waals surface area contributed by atoms with Crippen molar-refractivity contribution in [1.29, 1.82) is 0 Å². The first-order valence-corrected chi connectivity index (χ1v) is 6.57. The van der Waals surface area contributed by atoms with Gasteiger partial charge in [0.15, 0.2) is 0 Å². The van der Waals surface area contributed by atoms with Crippen LogP contribution in [0.15, 0.2) is 34.9 Å². The molecule has 3 nitrogen and oxygen atoms in total. The Labute approximate surface area is 113 Å². The summed E-state index contributed by atoms with van der Waals surface area (Å²) in [4.78, 5) is 0. The topological polar surface area (TPSA) is 38.0 Å². The second-order valence-corrected chi connectivity index (χ2v) is 4.91. The van der Waals surface area contributed by atoms with Crippen molar-refractivity contribution >= 4 is 15.9 Å². The van der Waals surface area contributed by atoms with E-state index in [1.54, 1.807) is 29.1 Å². The number of rotatable bonds is 4. The maximum Gasteiger partial charge on any atom is 0.137 e. The standard InChI is InChI=1S/C13H14BrFN2O/c1-2-7-17-12(5-6-16-17)13(18)9-3-4-11(15)10(14)8-9/h3-6,8,13,18H,2,7H2,1H3. The number of aliphatic hydroxyl groups excluding tert-OH is 1. The lowest BCUT2D eigenvalue weighted by Crippen LogP contribution is -2.10. The molecule has 1 aromatic carbocycles. The first-order valence-electron chi connectivity index (χ1n) is 5.78. The number of aryl methyl sites for hydroxylation is 1. The summed E-state index contributed by atoms with van der Waals surface area (Å²) >= 11 is 3.12. The van der Waals surface area contributed by atoms with Crippen molar-refractivity contribution in [3.05, 3.63) is 52.0 Å². The van der Waals surface area contributed by atoms with Gasteiger partial charge in [0.2, 0.25) is 0 Å². The molecule has 0 aliphatic heterocycles. The third kappa shape index (κ3) is 2.62.